The molecule has 0 radical (unpaired) electrons. The Balaban J connectivity index is 1.51. The number of carbonyl (C=O) groups is 1. The minimum absolute atomic E-state index is 0.243. The van der Waals surface area contributed by atoms with Crippen LogP contribution < -0.4 is 10.6 Å². The lowest BCUT2D eigenvalue weighted by atomic mass is 10.1. The van der Waals surface area contributed by atoms with Crippen molar-refractivity contribution in [2.45, 2.75) is 6.42 Å². The average Bonchev–Trinajstić information content (AvgIpc) is 2.65. The monoisotopic (exact) mass is 336 g/mol. The Bertz CT molecular complexity index is 820. The van der Waals surface area contributed by atoms with E-state index in [4.69, 9.17) is 0 Å². The third kappa shape index (κ3) is 4.84. The van der Waals surface area contributed by atoms with E-state index in [1.807, 2.05) is 18.2 Å². The maximum atomic E-state index is 12.8. The third-order valence-corrected chi connectivity index (χ3v) is 3.55. The van der Waals surface area contributed by atoms with Crippen LogP contribution in [0.5, 0.6) is 0 Å². The molecule has 3 rings (SSSR count). The van der Waals surface area contributed by atoms with E-state index in [0.717, 1.165) is 12.0 Å². The minimum Gasteiger partial charge on any atom is -0.368 e. The molecule has 2 N–H and O–H groups in total. The molecule has 0 fully saturated rings. The fraction of sp³-hybridized carbons (Fsp3) is 0.105. The summed E-state index contributed by atoms with van der Waals surface area (Å²) in [6.07, 6.45) is 3.68. The average molecular weight is 336 g/mol. The van der Waals surface area contributed by atoms with Crippen LogP contribution in [0.3, 0.4) is 0 Å². The molecule has 3 aromatic rings. The van der Waals surface area contributed by atoms with E-state index in [-0.39, 0.29) is 17.4 Å². The van der Waals surface area contributed by atoms with Crippen molar-refractivity contribution in [3.05, 3.63) is 84.1 Å². The highest BCUT2D eigenvalue weighted by Gasteiger charge is 2.08. The van der Waals surface area contributed by atoms with Crippen LogP contribution >= 0.6 is 0 Å². The van der Waals surface area contributed by atoms with Crippen molar-refractivity contribution in [1.29, 1.82) is 0 Å². The zero-order valence-corrected chi connectivity index (χ0v) is 13.4. The second kappa shape index (κ2) is 8.01. The van der Waals surface area contributed by atoms with Crippen LogP contribution in [0.1, 0.15) is 16.1 Å². The van der Waals surface area contributed by atoms with Gasteiger partial charge in [0.2, 0.25) is 0 Å². The smallest absolute Gasteiger partial charge is 0.275 e. The van der Waals surface area contributed by atoms with Gasteiger partial charge in [0.25, 0.3) is 5.91 Å². The lowest BCUT2D eigenvalue weighted by Gasteiger charge is -2.07. The first kappa shape index (κ1) is 16.6. The number of para-hydroxylation sites is 1. The van der Waals surface area contributed by atoms with Gasteiger partial charge < -0.3 is 10.6 Å². The van der Waals surface area contributed by atoms with Gasteiger partial charge in [0, 0.05) is 12.2 Å². The Hall–Kier alpha value is -3.28. The number of anilines is 2. The van der Waals surface area contributed by atoms with Crippen LogP contribution in [0.15, 0.2) is 67.0 Å². The number of nitrogens with one attached hydrogen (secondary N) is 2. The number of hydrogen-bond donors (Lipinski definition) is 2. The molecule has 0 saturated heterocycles. The summed E-state index contributed by atoms with van der Waals surface area (Å²) in [5.74, 6) is 0.0295. The summed E-state index contributed by atoms with van der Waals surface area (Å²) < 4.78 is 12.8. The van der Waals surface area contributed by atoms with Gasteiger partial charge >= 0.3 is 0 Å². The van der Waals surface area contributed by atoms with Crippen LogP contribution in [0, 0.1) is 5.82 Å². The van der Waals surface area contributed by atoms with Crippen molar-refractivity contribution in [3.8, 4) is 0 Å². The van der Waals surface area contributed by atoms with E-state index in [9.17, 15) is 9.18 Å². The Morgan fingerprint density at radius 1 is 0.960 bits per heavy atom. The van der Waals surface area contributed by atoms with E-state index in [1.165, 1.54) is 24.5 Å². The molecule has 126 valence electrons. The molecule has 0 aliphatic carbocycles. The minimum atomic E-state index is -0.309. The molecule has 1 amide bonds. The van der Waals surface area contributed by atoms with Crippen molar-refractivity contribution < 1.29 is 9.18 Å². The topological polar surface area (TPSA) is 66.9 Å². The summed E-state index contributed by atoms with van der Waals surface area (Å²) in [6.45, 7) is 0.635. The molecule has 1 heterocycles. The van der Waals surface area contributed by atoms with Crippen molar-refractivity contribution in [2.24, 2.45) is 0 Å². The summed E-state index contributed by atoms with van der Waals surface area (Å²) in [7, 11) is 0. The molecule has 0 saturated carbocycles. The Labute approximate surface area is 145 Å². The fourth-order valence-corrected chi connectivity index (χ4v) is 2.24. The summed E-state index contributed by atoms with van der Waals surface area (Å²) in [5.41, 5.74) is 1.98. The number of benzene rings is 2. The van der Waals surface area contributed by atoms with Gasteiger partial charge in [-0.2, -0.15) is 0 Å². The van der Waals surface area contributed by atoms with Crippen LogP contribution in [-0.4, -0.2) is 22.4 Å². The molecule has 0 atom stereocenters. The van der Waals surface area contributed by atoms with Gasteiger partial charge in [-0.3, -0.25) is 4.79 Å². The van der Waals surface area contributed by atoms with Gasteiger partial charge in [0.05, 0.1) is 12.4 Å². The second-order valence-electron chi connectivity index (χ2n) is 5.41. The van der Waals surface area contributed by atoms with Crippen molar-refractivity contribution in [2.75, 3.05) is 17.2 Å². The quantitative estimate of drug-likeness (QED) is 0.723. The predicted octanol–water partition coefficient (Wildman–Crippen LogP) is 3.52. The van der Waals surface area contributed by atoms with E-state index >= 15 is 0 Å². The fourth-order valence-electron chi connectivity index (χ4n) is 2.24. The van der Waals surface area contributed by atoms with E-state index in [0.29, 0.717) is 18.1 Å². The molecule has 0 spiro atoms. The second-order valence-corrected chi connectivity index (χ2v) is 5.41. The van der Waals surface area contributed by atoms with Gasteiger partial charge in [0.1, 0.15) is 17.3 Å². The van der Waals surface area contributed by atoms with Gasteiger partial charge in [-0.05, 0) is 36.2 Å². The molecule has 6 heteroatoms. The van der Waals surface area contributed by atoms with E-state index < -0.39 is 0 Å². The predicted molar refractivity (Wildman–Crippen MR) is 95.0 cm³/mol. The van der Waals surface area contributed by atoms with Crippen LogP contribution in [0.4, 0.5) is 15.9 Å². The maximum Gasteiger partial charge on any atom is 0.275 e. The molecule has 0 unspecified atom stereocenters. The SMILES string of the molecule is O=C(Nc1ccccc1)c1cnc(NCCc2ccc(F)cc2)cn1. The molecule has 0 aliphatic heterocycles. The Kier molecular flexibility index (Phi) is 5.31. The molecular weight excluding hydrogens is 319 g/mol. The third-order valence-electron chi connectivity index (χ3n) is 3.55. The number of amides is 1. The zero-order chi connectivity index (χ0) is 17.5. The molecule has 0 bridgehead atoms. The normalized spacial score (nSPS) is 10.3. The lowest BCUT2D eigenvalue weighted by molar-refractivity contribution is 0.102. The van der Waals surface area contributed by atoms with Gasteiger partial charge in [-0.15, -0.1) is 0 Å². The molecule has 0 aliphatic rings. The highest BCUT2D eigenvalue weighted by Crippen LogP contribution is 2.08. The van der Waals surface area contributed by atoms with Gasteiger partial charge in [0.15, 0.2) is 0 Å². The highest BCUT2D eigenvalue weighted by molar-refractivity contribution is 6.02. The first-order chi connectivity index (χ1) is 12.2. The summed E-state index contributed by atoms with van der Waals surface area (Å²) >= 11 is 0. The van der Waals surface area contributed by atoms with Crippen LogP contribution in [-0.2, 0) is 6.42 Å². The number of carbonyl (C=O) groups excluding carboxylic acids is 1. The molecule has 25 heavy (non-hydrogen) atoms. The van der Waals surface area contributed by atoms with Crippen LogP contribution in [0.25, 0.3) is 0 Å². The Morgan fingerprint density at radius 2 is 1.72 bits per heavy atom. The summed E-state index contributed by atoms with van der Waals surface area (Å²) in [4.78, 5) is 20.4. The summed E-state index contributed by atoms with van der Waals surface area (Å²) in [6, 6.07) is 15.5. The molecular formula is C19H17FN4O. The van der Waals surface area contributed by atoms with E-state index in [1.54, 1.807) is 24.3 Å². The number of halogens is 1. The maximum absolute atomic E-state index is 12.8. The number of hydrogen-bond acceptors (Lipinski definition) is 4. The molecule has 2 aromatic carbocycles. The number of aromatic nitrogens is 2. The Morgan fingerprint density at radius 3 is 2.40 bits per heavy atom. The first-order valence-electron chi connectivity index (χ1n) is 7.87. The van der Waals surface area contributed by atoms with Crippen molar-refractivity contribution in [3.63, 3.8) is 0 Å². The lowest BCUT2D eigenvalue weighted by Crippen LogP contribution is -2.14. The highest BCUT2D eigenvalue weighted by atomic mass is 19.1. The van der Waals surface area contributed by atoms with Gasteiger partial charge in [-0.1, -0.05) is 30.3 Å². The summed E-state index contributed by atoms with van der Waals surface area (Å²) in [5, 5.41) is 5.88. The number of nitrogens with zero attached hydrogens (tertiary/aromatic N) is 2. The van der Waals surface area contributed by atoms with Crippen LogP contribution in [0.2, 0.25) is 0 Å². The van der Waals surface area contributed by atoms with Crippen molar-refractivity contribution >= 4 is 17.4 Å². The number of rotatable bonds is 6. The molecule has 1 aromatic heterocycles. The largest absolute Gasteiger partial charge is 0.368 e. The van der Waals surface area contributed by atoms with Gasteiger partial charge in [-0.25, -0.2) is 14.4 Å². The molecule has 5 nitrogen and oxygen atoms in total. The van der Waals surface area contributed by atoms with E-state index in [2.05, 4.69) is 20.6 Å². The van der Waals surface area contributed by atoms with Crippen molar-refractivity contribution in [1.82, 2.24) is 9.97 Å². The first-order valence-corrected chi connectivity index (χ1v) is 7.87. The zero-order valence-electron chi connectivity index (χ0n) is 13.4. The standard InChI is InChI=1S/C19H17FN4O/c20-15-8-6-14(7-9-15)10-11-21-18-13-22-17(12-23-18)19(25)24-16-4-2-1-3-5-16/h1-9,12-13H,10-11H2,(H,21,23)(H,24,25).